The highest BCUT2D eigenvalue weighted by molar-refractivity contribution is 7.81. The smallest absolute Gasteiger partial charge is 0.337 e. The number of aryl methyl sites for hydroxylation is 1. The molecule has 1 atom stereocenters. The minimum Gasteiger partial charge on any atom is -0.755 e. The van der Waals surface area contributed by atoms with Crippen LogP contribution >= 0.6 is 22.9 Å². The van der Waals surface area contributed by atoms with Gasteiger partial charge in [-0.05, 0) is 53.8 Å². The van der Waals surface area contributed by atoms with Crippen LogP contribution in [0.25, 0.3) is 10.1 Å². The van der Waals surface area contributed by atoms with Crippen molar-refractivity contribution in [2.45, 2.75) is 13.5 Å². The number of nitrogens with zero attached hydrogens (tertiary/aromatic N) is 1. The number of ether oxygens (including phenoxy) is 1. The molecule has 0 N–H and O–H groups in total. The van der Waals surface area contributed by atoms with Crippen LogP contribution in [0.3, 0.4) is 0 Å². The number of methoxy groups -OCH3 is 1. The Kier molecular flexibility index (Phi) is 5.62. The summed E-state index contributed by atoms with van der Waals surface area (Å²) in [6.07, 6.45) is 0. The van der Waals surface area contributed by atoms with E-state index in [9.17, 15) is 13.6 Å². The van der Waals surface area contributed by atoms with Crippen LogP contribution in [0, 0.1) is 6.92 Å². The Morgan fingerprint density at radius 1 is 1.31 bits per heavy atom. The lowest BCUT2D eigenvalue weighted by molar-refractivity contribution is 0.0600. The highest BCUT2D eigenvalue weighted by Crippen LogP contribution is 2.39. The van der Waals surface area contributed by atoms with Gasteiger partial charge in [-0.2, -0.15) is 0 Å². The van der Waals surface area contributed by atoms with E-state index in [-0.39, 0.29) is 6.54 Å². The molecule has 136 valence electrons. The summed E-state index contributed by atoms with van der Waals surface area (Å²) in [5, 5.41) is 2.15. The van der Waals surface area contributed by atoms with Gasteiger partial charge in [0.15, 0.2) is 0 Å². The number of hydrogen-bond acceptors (Lipinski definition) is 5. The molecule has 5 nitrogen and oxygen atoms in total. The largest absolute Gasteiger partial charge is 0.755 e. The highest BCUT2D eigenvalue weighted by Gasteiger charge is 2.17. The van der Waals surface area contributed by atoms with Gasteiger partial charge in [-0.25, -0.2) is 4.79 Å². The van der Waals surface area contributed by atoms with Crippen molar-refractivity contribution >= 4 is 55.3 Å². The minimum atomic E-state index is -2.47. The first-order valence-electron chi connectivity index (χ1n) is 7.63. The lowest BCUT2D eigenvalue weighted by atomic mass is 10.1. The summed E-state index contributed by atoms with van der Waals surface area (Å²) >= 11 is 4.97. The van der Waals surface area contributed by atoms with E-state index >= 15 is 0 Å². The molecule has 3 rings (SSSR count). The number of fused-ring (bicyclic) bond motifs is 1. The minimum absolute atomic E-state index is 0.113. The predicted octanol–water partition coefficient (Wildman–Crippen LogP) is 4.45. The summed E-state index contributed by atoms with van der Waals surface area (Å²) in [6.45, 7) is 1.98. The Balaban J connectivity index is 2.00. The third-order valence-electron chi connectivity index (χ3n) is 3.95. The Bertz CT molecular complexity index is 1000. The van der Waals surface area contributed by atoms with E-state index < -0.39 is 17.2 Å². The topological polar surface area (TPSA) is 69.7 Å². The molecule has 0 aliphatic carbocycles. The van der Waals surface area contributed by atoms with Crippen molar-refractivity contribution in [2.75, 3.05) is 11.4 Å². The maximum atomic E-state index is 11.9. The molecule has 0 saturated carbocycles. The molecule has 8 heteroatoms. The third kappa shape index (κ3) is 3.76. The van der Waals surface area contributed by atoms with Crippen LogP contribution in [0.2, 0.25) is 5.02 Å². The van der Waals surface area contributed by atoms with Gasteiger partial charge in [0.25, 0.3) is 0 Å². The van der Waals surface area contributed by atoms with Gasteiger partial charge in [-0.3, -0.25) is 8.51 Å². The normalized spacial score (nSPS) is 12.2. The zero-order valence-corrected chi connectivity index (χ0v) is 16.4. The van der Waals surface area contributed by atoms with Gasteiger partial charge < -0.3 is 9.29 Å². The molecule has 0 spiro atoms. The number of rotatable bonds is 5. The molecule has 1 heterocycles. The average Bonchev–Trinajstić information content (AvgIpc) is 2.95. The van der Waals surface area contributed by atoms with E-state index in [2.05, 4.69) is 0 Å². The van der Waals surface area contributed by atoms with Gasteiger partial charge in [0, 0.05) is 21.0 Å². The number of benzene rings is 2. The zero-order valence-electron chi connectivity index (χ0n) is 14.0. The summed E-state index contributed by atoms with van der Waals surface area (Å²) in [5.74, 6) is -0.464. The van der Waals surface area contributed by atoms with Gasteiger partial charge in [-0.1, -0.05) is 23.7 Å². The van der Waals surface area contributed by atoms with Crippen LogP contribution in [0.1, 0.15) is 21.5 Å². The van der Waals surface area contributed by atoms with Crippen LogP contribution in [0.15, 0.2) is 42.5 Å². The fraction of sp³-hybridized carbons (Fsp3) is 0.167. The summed E-state index contributed by atoms with van der Waals surface area (Å²) in [6, 6.07) is 12.2. The monoisotopic (exact) mass is 408 g/mol. The van der Waals surface area contributed by atoms with Crippen LogP contribution < -0.4 is 4.31 Å². The van der Waals surface area contributed by atoms with Gasteiger partial charge >= 0.3 is 5.97 Å². The van der Waals surface area contributed by atoms with Crippen LogP contribution in [-0.2, 0) is 22.5 Å². The lowest BCUT2D eigenvalue weighted by Gasteiger charge is -2.26. The van der Waals surface area contributed by atoms with Crippen LogP contribution in [-0.4, -0.2) is 21.8 Å². The van der Waals surface area contributed by atoms with Crippen LogP contribution in [0.5, 0.6) is 0 Å². The summed E-state index contributed by atoms with van der Waals surface area (Å²) < 4.78 is 30.7. The van der Waals surface area contributed by atoms with Crippen molar-refractivity contribution in [3.8, 4) is 0 Å². The average molecular weight is 409 g/mol. The second kappa shape index (κ2) is 7.75. The molecule has 0 aliphatic heterocycles. The van der Waals surface area contributed by atoms with E-state index in [0.29, 0.717) is 21.2 Å². The molecule has 2 aromatic carbocycles. The zero-order chi connectivity index (χ0) is 18.8. The summed E-state index contributed by atoms with van der Waals surface area (Å²) in [5.41, 5.74) is 1.91. The SMILES string of the molecule is COC(=O)c1cccc(CN(c2sc3ccc(Cl)cc3c2C)S(=O)[O-])c1. The number of carbonyl (C=O) groups excluding carboxylic acids is 1. The van der Waals surface area contributed by atoms with Gasteiger partial charge in [0.2, 0.25) is 0 Å². The fourth-order valence-corrected chi connectivity index (χ4v) is 4.78. The van der Waals surface area contributed by atoms with Crippen molar-refractivity contribution in [1.82, 2.24) is 0 Å². The van der Waals surface area contributed by atoms with Gasteiger partial charge in [-0.15, -0.1) is 11.3 Å². The second-order valence-corrected chi connectivity index (χ2v) is 7.96. The number of esters is 1. The molecule has 0 aliphatic rings. The quantitative estimate of drug-likeness (QED) is 0.462. The molecule has 0 bridgehead atoms. The molecule has 1 unspecified atom stereocenters. The van der Waals surface area contributed by atoms with Crippen molar-refractivity contribution < 1.29 is 18.3 Å². The molecule has 0 radical (unpaired) electrons. The lowest BCUT2D eigenvalue weighted by Crippen LogP contribution is -2.24. The summed E-state index contributed by atoms with van der Waals surface area (Å²) in [4.78, 5) is 11.7. The predicted molar refractivity (Wildman–Crippen MR) is 104 cm³/mol. The number of hydrogen-bond donors (Lipinski definition) is 0. The fourth-order valence-electron chi connectivity index (χ4n) is 2.69. The second-order valence-electron chi connectivity index (χ2n) is 5.62. The third-order valence-corrected chi connectivity index (χ3v) is 6.27. The number of halogens is 1. The molecule has 0 fully saturated rings. The van der Waals surface area contributed by atoms with Crippen molar-refractivity contribution in [3.63, 3.8) is 0 Å². The number of anilines is 1. The molecular formula is C18H15ClNO4S2-. The Hall–Kier alpha value is -1.93. The molecule has 3 aromatic rings. The van der Waals surface area contributed by atoms with Crippen molar-refractivity contribution in [3.05, 3.63) is 64.2 Å². The first-order valence-corrected chi connectivity index (χ1v) is 9.86. The van der Waals surface area contributed by atoms with E-state index in [1.165, 1.54) is 22.8 Å². The molecule has 0 saturated heterocycles. The van der Waals surface area contributed by atoms with E-state index in [1.54, 1.807) is 30.3 Å². The Labute approximate surface area is 162 Å². The molecule has 0 amide bonds. The maximum absolute atomic E-state index is 11.9. The number of thiophene rings is 1. The standard InChI is InChI=1S/C18H16ClNO4S2/c1-11-15-9-14(19)6-7-16(15)25-17(11)20(26(22)23)10-12-4-3-5-13(8-12)18(21)24-2/h3-9H,10H2,1-2H3,(H,22,23)/p-1. The van der Waals surface area contributed by atoms with Crippen molar-refractivity contribution in [1.29, 1.82) is 0 Å². The van der Waals surface area contributed by atoms with E-state index in [0.717, 1.165) is 15.6 Å². The number of carbonyl (C=O) groups is 1. The van der Waals surface area contributed by atoms with E-state index in [4.69, 9.17) is 16.3 Å². The van der Waals surface area contributed by atoms with Crippen LogP contribution in [0.4, 0.5) is 5.00 Å². The first kappa shape index (κ1) is 18.8. The molecule has 1 aromatic heterocycles. The molecule has 26 heavy (non-hydrogen) atoms. The highest BCUT2D eigenvalue weighted by atomic mass is 35.5. The van der Waals surface area contributed by atoms with E-state index in [1.807, 2.05) is 19.1 Å². The molecular weight excluding hydrogens is 394 g/mol. The summed E-state index contributed by atoms with van der Waals surface area (Å²) in [7, 11) is 1.31. The van der Waals surface area contributed by atoms with Gasteiger partial charge in [0.1, 0.15) is 5.00 Å². The maximum Gasteiger partial charge on any atom is 0.337 e. The Morgan fingerprint density at radius 3 is 2.77 bits per heavy atom. The van der Waals surface area contributed by atoms with Gasteiger partial charge in [0.05, 0.1) is 19.2 Å². The first-order chi connectivity index (χ1) is 12.4. The Morgan fingerprint density at radius 2 is 2.08 bits per heavy atom. The van der Waals surface area contributed by atoms with Crippen molar-refractivity contribution in [2.24, 2.45) is 0 Å².